The molecule has 29 heavy (non-hydrogen) atoms. The summed E-state index contributed by atoms with van der Waals surface area (Å²) in [7, 11) is 1.63. The van der Waals surface area contributed by atoms with Gasteiger partial charge in [0, 0.05) is 32.0 Å². The van der Waals surface area contributed by atoms with Gasteiger partial charge in [-0.15, -0.1) is 0 Å². The van der Waals surface area contributed by atoms with Gasteiger partial charge in [0.15, 0.2) is 5.82 Å². The van der Waals surface area contributed by atoms with Crippen LogP contribution in [0.4, 0.5) is 0 Å². The Hall–Kier alpha value is -3.25. The van der Waals surface area contributed by atoms with Crippen molar-refractivity contribution in [2.45, 2.75) is 20.3 Å². The van der Waals surface area contributed by atoms with Crippen molar-refractivity contribution in [3.8, 4) is 23.0 Å². The number of aryl methyl sites for hydroxylation is 2. The maximum Gasteiger partial charge on any atom is 0.258 e. The van der Waals surface area contributed by atoms with Crippen LogP contribution in [0.5, 0.6) is 11.6 Å². The van der Waals surface area contributed by atoms with Crippen molar-refractivity contribution in [2.24, 2.45) is 0 Å². The van der Waals surface area contributed by atoms with Crippen molar-refractivity contribution < 1.29 is 14.3 Å². The van der Waals surface area contributed by atoms with E-state index in [0.29, 0.717) is 30.3 Å². The van der Waals surface area contributed by atoms with Crippen LogP contribution in [0.3, 0.4) is 0 Å². The number of aromatic nitrogens is 2. The first-order chi connectivity index (χ1) is 14.1. The molecule has 1 heterocycles. The highest BCUT2D eigenvalue weighted by atomic mass is 16.5. The van der Waals surface area contributed by atoms with Crippen LogP contribution >= 0.6 is 0 Å². The molecule has 150 valence electrons. The Balaban J connectivity index is 1.91. The fourth-order valence-corrected chi connectivity index (χ4v) is 2.73. The summed E-state index contributed by atoms with van der Waals surface area (Å²) >= 11 is 0. The van der Waals surface area contributed by atoms with Gasteiger partial charge in [-0.3, -0.25) is 4.79 Å². The van der Waals surface area contributed by atoms with E-state index in [-0.39, 0.29) is 11.8 Å². The molecule has 0 aliphatic rings. The standard InChI is InChI=1S/C23H25N3O3/c1-16-10-11-19(14-17(16)2)29-23-20(22(27)24-12-7-13-28-3)15-25-21(26-23)18-8-5-4-6-9-18/h4-6,8-11,14-15H,7,12-13H2,1-3H3,(H,24,27). The minimum absolute atomic E-state index is 0.228. The molecule has 0 spiro atoms. The average molecular weight is 391 g/mol. The predicted octanol–water partition coefficient (Wildman–Crippen LogP) is 4.32. The molecular weight excluding hydrogens is 366 g/mol. The first-order valence-electron chi connectivity index (χ1n) is 9.53. The number of rotatable bonds is 8. The summed E-state index contributed by atoms with van der Waals surface area (Å²) in [5.74, 6) is 1.07. The molecule has 2 aromatic carbocycles. The number of benzene rings is 2. The van der Waals surface area contributed by atoms with Crippen LogP contribution in [-0.2, 0) is 4.74 Å². The Morgan fingerprint density at radius 1 is 1.07 bits per heavy atom. The van der Waals surface area contributed by atoms with E-state index < -0.39 is 0 Å². The van der Waals surface area contributed by atoms with Crippen LogP contribution < -0.4 is 10.1 Å². The zero-order valence-corrected chi connectivity index (χ0v) is 16.9. The normalized spacial score (nSPS) is 10.6. The van der Waals surface area contributed by atoms with Gasteiger partial charge < -0.3 is 14.8 Å². The molecule has 6 nitrogen and oxygen atoms in total. The Morgan fingerprint density at radius 3 is 2.59 bits per heavy atom. The number of ether oxygens (including phenoxy) is 2. The fraction of sp³-hybridized carbons (Fsp3) is 0.261. The number of amides is 1. The SMILES string of the molecule is COCCCNC(=O)c1cnc(-c2ccccc2)nc1Oc1ccc(C)c(C)c1. The van der Waals surface area contributed by atoms with Crippen LogP contribution in [0.1, 0.15) is 27.9 Å². The Labute approximate surface area is 170 Å². The minimum Gasteiger partial charge on any atom is -0.438 e. The van der Waals surface area contributed by atoms with Gasteiger partial charge in [0.25, 0.3) is 5.91 Å². The molecule has 0 unspecified atom stereocenters. The summed E-state index contributed by atoms with van der Waals surface area (Å²) in [5.41, 5.74) is 3.41. The quantitative estimate of drug-likeness (QED) is 0.579. The van der Waals surface area contributed by atoms with Crippen molar-refractivity contribution in [3.63, 3.8) is 0 Å². The summed E-state index contributed by atoms with van der Waals surface area (Å²) in [5, 5.41) is 2.86. The molecule has 0 bridgehead atoms. The molecule has 1 N–H and O–H groups in total. The van der Waals surface area contributed by atoms with Gasteiger partial charge in [-0.2, -0.15) is 4.98 Å². The molecule has 0 saturated heterocycles. The second-order valence-corrected chi connectivity index (χ2v) is 6.73. The van der Waals surface area contributed by atoms with Crippen molar-refractivity contribution >= 4 is 5.91 Å². The average Bonchev–Trinajstić information content (AvgIpc) is 2.74. The molecule has 0 radical (unpaired) electrons. The number of carbonyl (C=O) groups is 1. The molecule has 3 rings (SSSR count). The van der Waals surface area contributed by atoms with Crippen LogP contribution in [0, 0.1) is 13.8 Å². The lowest BCUT2D eigenvalue weighted by atomic mass is 10.1. The topological polar surface area (TPSA) is 73.3 Å². The molecule has 0 atom stereocenters. The molecule has 0 fully saturated rings. The van der Waals surface area contributed by atoms with Crippen LogP contribution in [0.15, 0.2) is 54.7 Å². The molecule has 0 saturated carbocycles. The summed E-state index contributed by atoms with van der Waals surface area (Å²) in [6.45, 7) is 5.13. The van der Waals surface area contributed by atoms with E-state index in [1.165, 1.54) is 11.8 Å². The van der Waals surface area contributed by atoms with E-state index in [1.807, 2.05) is 62.4 Å². The fourth-order valence-electron chi connectivity index (χ4n) is 2.73. The van der Waals surface area contributed by atoms with Gasteiger partial charge in [-0.05, 0) is 43.5 Å². The van der Waals surface area contributed by atoms with Crippen LogP contribution in [0.2, 0.25) is 0 Å². The minimum atomic E-state index is -0.278. The van der Waals surface area contributed by atoms with Gasteiger partial charge in [-0.1, -0.05) is 36.4 Å². The molecule has 1 aromatic heterocycles. The van der Waals surface area contributed by atoms with E-state index in [1.54, 1.807) is 7.11 Å². The Kier molecular flexibility index (Phi) is 6.92. The Bertz CT molecular complexity index is 974. The van der Waals surface area contributed by atoms with Crippen molar-refractivity contribution in [3.05, 3.63) is 71.4 Å². The van der Waals surface area contributed by atoms with Gasteiger partial charge in [0.05, 0.1) is 0 Å². The third-order valence-corrected chi connectivity index (χ3v) is 4.53. The van der Waals surface area contributed by atoms with E-state index in [0.717, 1.165) is 17.5 Å². The lowest BCUT2D eigenvalue weighted by Gasteiger charge is -2.13. The highest BCUT2D eigenvalue weighted by Crippen LogP contribution is 2.27. The number of carbonyl (C=O) groups excluding carboxylic acids is 1. The summed E-state index contributed by atoms with van der Waals surface area (Å²) in [4.78, 5) is 21.6. The summed E-state index contributed by atoms with van der Waals surface area (Å²) < 4.78 is 11.0. The molecule has 0 aliphatic carbocycles. The second kappa shape index (κ2) is 9.80. The van der Waals surface area contributed by atoms with Gasteiger partial charge in [-0.25, -0.2) is 4.98 Å². The molecular formula is C23H25N3O3. The summed E-state index contributed by atoms with van der Waals surface area (Å²) in [6, 6.07) is 15.4. The second-order valence-electron chi connectivity index (χ2n) is 6.73. The molecule has 3 aromatic rings. The third-order valence-electron chi connectivity index (χ3n) is 4.53. The zero-order valence-electron chi connectivity index (χ0n) is 16.9. The highest BCUT2D eigenvalue weighted by molar-refractivity contribution is 5.96. The third kappa shape index (κ3) is 5.39. The largest absolute Gasteiger partial charge is 0.438 e. The molecule has 0 aliphatic heterocycles. The maximum absolute atomic E-state index is 12.7. The number of nitrogens with one attached hydrogen (secondary N) is 1. The summed E-state index contributed by atoms with van der Waals surface area (Å²) in [6.07, 6.45) is 2.23. The maximum atomic E-state index is 12.7. The van der Waals surface area contributed by atoms with Gasteiger partial charge >= 0.3 is 0 Å². The van der Waals surface area contributed by atoms with E-state index in [9.17, 15) is 4.79 Å². The van der Waals surface area contributed by atoms with Gasteiger partial charge in [0.1, 0.15) is 11.3 Å². The van der Waals surface area contributed by atoms with Crippen molar-refractivity contribution in [1.82, 2.24) is 15.3 Å². The highest BCUT2D eigenvalue weighted by Gasteiger charge is 2.17. The molecule has 6 heteroatoms. The zero-order chi connectivity index (χ0) is 20.6. The van der Waals surface area contributed by atoms with Crippen molar-refractivity contribution in [2.75, 3.05) is 20.3 Å². The predicted molar refractivity (Wildman–Crippen MR) is 112 cm³/mol. The first kappa shape index (κ1) is 20.5. The lowest BCUT2D eigenvalue weighted by molar-refractivity contribution is 0.0945. The number of hydrogen-bond acceptors (Lipinski definition) is 5. The van der Waals surface area contributed by atoms with Crippen molar-refractivity contribution in [1.29, 1.82) is 0 Å². The molecule has 1 amide bonds. The van der Waals surface area contributed by atoms with Gasteiger partial charge in [0.2, 0.25) is 5.88 Å². The monoisotopic (exact) mass is 391 g/mol. The van der Waals surface area contributed by atoms with Crippen LogP contribution in [-0.4, -0.2) is 36.1 Å². The van der Waals surface area contributed by atoms with E-state index in [4.69, 9.17) is 9.47 Å². The van der Waals surface area contributed by atoms with E-state index in [2.05, 4.69) is 15.3 Å². The lowest BCUT2D eigenvalue weighted by Crippen LogP contribution is -2.26. The number of nitrogens with zero attached hydrogens (tertiary/aromatic N) is 2. The van der Waals surface area contributed by atoms with Crippen LogP contribution in [0.25, 0.3) is 11.4 Å². The first-order valence-corrected chi connectivity index (χ1v) is 9.53. The van der Waals surface area contributed by atoms with E-state index >= 15 is 0 Å². The number of methoxy groups -OCH3 is 1. The Morgan fingerprint density at radius 2 is 1.86 bits per heavy atom. The smallest absolute Gasteiger partial charge is 0.258 e. The number of hydrogen-bond donors (Lipinski definition) is 1.